The van der Waals surface area contributed by atoms with Gasteiger partial charge in [0.1, 0.15) is 5.75 Å². The zero-order chi connectivity index (χ0) is 16.1. The highest BCUT2D eigenvalue weighted by Crippen LogP contribution is 2.22. The number of benzene rings is 2. The number of hydrogen-bond acceptors (Lipinski definition) is 3. The third-order valence-electron chi connectivity index (χ3n) is 3.22. The van der Waals surface area contributed by atoms with E-state index in [1.807, 2.05) is 57.2 Å². The molecule has 23 heavy (non-hydrogen) atoms. The largest absolute Gasteiger partial charge is 0.491 e. The predicted octanol–water partition coefficient (Wildman–Crippen LogP) is 3.97. The van der Waals surface area contributed by atoms with Gasteiger partial charge in [-0.25, -0.2) is 0 Å². The molecule has 5 heteroatoms. The fraction of sp³-hybridized carbons (Fsp3) is 0.278. The van der Waals surface area contributed by atoms with E-state index in [9.17, 15) is 4.79 Å². The minimum Gasteiger partial charge on any atom is -0.491 e. The quantitative estimate of drug-likeness (QED) is 0.813. The Balaban J connectivity index is 0.00000264. The maximum atomic E-state index is 12.3. The van der Waals surface area contributed by atoms with Crippen LogP contribution in [0.3, 0.4) is 0 Å². The van der Waals surface area contributed by atoms with Gasteiger partial charge >= 0.3 is 0 Å². The molecule has 0 aliphatic heterocycles. The molecule has 0 spiro atoms. The average Bonchev–Trinajstić information content (AvgIpc) is 2.44. The number of ether oxygens (including phenoxy) is 1. The molecule has 0 saturated carbocycles. The van der Waals surface area contributed by atoms with Crippen molar-refractivity contribution in [1.82, 2.24) is 0 Å². The van der Waals surface area contributed by atoms with E-state index in [0.717, 1.165) is 22.6 Å². The van der Waals surface area contributed by atoms with E-state index in [4.69, 9.17) is 10.5 Å². The first-order valence-corrected chi connectivity index (χ1v) is 7.36. The summed E-state index contributed by atoms with van der Waals surface area (Å²) >= 11 is 0. The number of nitrogens with two attached hydrogens (primary N) is 1. The van der Waals surface area contributed by atoms with Gasteiger partial charge in [0.2, 0.25) is 5.91 Å². The van der Waals surface area contributed by atoms with Crippen molar-refractivity contribution in [3.63, 3.8) is 0 Å². The van der Waals surface area contributed by atoms with Crippen LogP contribution in [0.2, 0.25) is 0 Å². The molecule has 0 aliphatic carbocycles. The van der Waals surface area contributed by atoms with Gasteiger partial charge in [-0.15, -0.1) is 12.4 Å². The van der Waals surface area contributed by atoms with E-state index in [1.54, 1.807) is 6.07 Å². The van der Waals surface area contributed by atoms with Crippen molar-refractivity contribution in [2.75, 3.05) is 11.1 Å². The summed E-state index contributed by atoms with van der Waals surface area (Å²) < 4.78 is 5.74. The van der Waals surface area contributed by atoms with Gasteiger partial charge < -0.3 is 15.8 Å². The molecule has 1 amide bonds. The zero-order valence-corrected chi connectivity index (χ0v) is 14.4. The Morgan fingerprint density at radius 3 is 2.61 bits per heavy atom. The number of aryl methyl sites for hydroxylation is 1. The SMILES string of the molecule is Cc1ccc(N)cc1NC(=O)Cc1ccccc1OC(C)C.Cl. The second kappa shape index (κ2) is 8.44. The standard InChI is InChI=1S/C18H22N2O2.ClH/c1-12(2)22-17-7-5-4-6-14(17)10-18(21)20-16-11-15(19)9-8-13(16)3;/h4-9,11-12H,10,19H2,1-3H3,(H,20,21);1H. The van der Waals surface area contributed by atoms with E-state index >= 15 is 0 Å². The third-order valence-corrected chi connectivity index (χ3v) is 3.22. The van der Waals surface area contributed by atoms with Crippen LogP contribution in [0.25, 0.3) is 0 Å². The summed E-state index contributed by atoms with van der Waals surface area (Å²) in [7, 11) is 0. The van der Waals surface area contributed by atoms with Crippen LogP contribution in [-0.4, -0.2) is 12.0 Å². The number of halogens is 1. The Hall–Kier alpha value is -2.20. The van der Waals surface area contributed by atoms with E-state index in [1.165, 1.54) is 0 Å². The molecule has 0 aromatic heterocycles. The fourth-order valence-electron chi connectivity index (χ4n) is 2.16. The molecule has 2 aromatic rings. The van der Waals surface area contributed by atoms with Crippen molar-refractivity contribution in [2.45, 2.75) is 33.3 Å². The number of nitrogen functional groups attached to an aromatic ring is 1. The van der Waals surface area contributed by atoms with Gasteiger partial charge in [0, 0.05) is 16.9 Å². The van der Waals surface area contributed by atoms with E-state index in [-0.39, 0.29) is 30.8 Å². The molecule has 2 aromatic carbocycles. The molecule has 0 atom stereocenters. The Morgan fingerprint density at radius 2 is 1.91 bits per heavy atom. The summed E-state index contributed by atoms with van der Waals surface area (Å²) in [5.74, 6) is 0.658. The fourth-order valence-corrected chi connectivity index (χ4v) is 2.16. The molecule has 2 rings (SSSR count). The second-order valence-electron chi connectivity index (χ2n) is 5.57. The van der Waals surface area contributed by atoms with Crippen LogP contribution >= 0.6 is 12.4 Å². The molecule has 4 nitrogen and oxygen atoms in total. The van der Waals surface area contributed by atoms with Crippen LogP contribution in [-0.2, 0) is 11.2 Å². The van der Waals surface area contributed by atoms with Gasteiger partial charge in [-0.3, -0.25) is 4.79 Å². The number of nitrogens with one attached hydrogen (secondary N) is 1. The van der Waals surface area contributed by atoms with Crippen LogP contribution in [0.15, 0.2) is 42.5 Å². The maximum Gasteiger partial charge on any atom is 0.228 e. The smallest absolute Gasteiger partial charge is 0.228 e. The number of para-hydroxylation sites is 1. The van der Waals surface area contributed by atoms with Crippen LogP contribution in [0.4, 0.5) is 11.4 Å². The highest BCUT2D eigenvalue weighted by molar-refractivity contribution is 5.93. The molecule has 124 valence electrons. The van der Waals surface area contributed by atoms with Crippen molar-refractivity contribution in [2.24, 2.45) is 0 Å². The summed E-state index contributed by atoms with van der Waals surface area (Å²) in [5, 5.41) is 2.91. The lowest BCUT2D eigenvalue weighted by Crippen LogP contribution is -2.16. The molecule has 0 heterocycles. The van der Waals surface area contributed by atoms with Crippen molar-refractivity contribution in [3.8, 4) is 5.75 Å². The molecule has 0 unspecified atom stereocenters. The van der Waals surface area contributed by atoms with E-state index in [0.29, 0.717) is 5.69 Å². The molecular weight excluding hydrogens is 312 g/mol. The van der Waals surface area contributed by atoms with Crippen molar-refractivity contribution < 1.29 is 9.53 Å². The van der Waals surface area contributed by atoms with E-state index in [2.05, 4.69) is 5.32 Å². The highest BCUT2D eigenvalue weighted by Gasteiger charge is 2.11. The Bertz CT molecular complexity index is 672. The Labute approximate surface area is 143 Å². The van der Waals surface area contributed by atoms with Gasteiger partial charge in [-0.1, -0.05) is 24.3 Å². The average molecular weight is 335 g/mol. The van der Waals surface area contributed by atoms with Crippen LogP contribution in [0, 0.1) is 6.92 Å². The van der Waals surface area contributed by atoms with Crippen molar-refractivity contribution in [3.05, 3.63) is 53.6 Å². The summed E-state index contributed by atoms with van der Waals surface area (Å²) in [6.07, 6.45) is 0.331. The second-order valence-corrected chi connectivity index (χ2v) is 5.57. The molecule has 0 fully saturated rings. The summed E-state index contributed by atoms with van der Waals surface area (Å²) in [4.78, 5) is 12.3. The van der Waals surface area contributed by atoms with E-state index < -0.39 is 0 Å². The van der Waals surface area contributed by atoms with Gasteiger partial charge in [0.05, 0.1) is 12.5 Å². The lowest BCUT2D eigenvalue weighted by molar-refractivity contribution is -0.115. The molecule has 0 aliphatic rings. The Kier molecular flexibility index (Phi) is 6.91. The number of amides is 1. The van der Waals surface area contributed by atoms with Crippen LogP contribution in [0.1, 0.15) is 25.0 Å². The monoisotopic (exact) mass is 334 g/mol. The van der Waals surface area contributed by atoms with Crippen molar-refractivity contribution >= 4 is 29.7 Å². The minimum atomic E-state index is -0.0893. The number of rotatable bonds is 5. The lowest BCUT2D eigenvalue weighted by atomic mass is 10.1. The number of carbonyl (C=O) groups excluding carboxylic acids is 1. The van der Waals surface area contributed by atoms with Gasteiger partial charge in [0.15, 0.2) is 0 Å². The molecule has 0 radical (unpaired) electrons. The van der Waals surface area contributed by atoms with Gasteiger partial charge in [-0.2, -0.15) is 0 Å². The predicted molar refractivity (Wildman–Crippen MR) is 97.4 cm³/mol. The van der Waals surface area contributed by atoms with Crippen LogP contribution < -0.4 is 15.8 Å². The number of carbonyl (C=O) groups is 1. The maximum absolute atomic E-state index is 12.3. The summed E-state index contributed by atoms with van der Waals surface area (Å²) in [5.41, 5.74) is 8.99. The first kappa shape index (κ1) is 18.8. The molecule has 0 saturated heterocycles. The molecule has 3 N–H and O–H groups in total. The van der Waals surface area contributed by atoms with Gasteiger partial charge in [-0.05, 0) is 44.5 Å². The van der Waals surface area contributed by atoms with Crippen molar-refractivity contribution in [1.29, 1.82) is 0 Å². The zero-order valence-electron chi connectivity index (χ0n) is 13.6. The van der Waals surface area contributed by atoms with Gasteiger partial charge in [0.25, 0.3) is 0 Å². The number of anilines is 2. The lowest BCUT2D eigenvalue weighted by Gasteiger charge is -2.14. The topological polar surface area (TPSA) is 64.3 Å². The third kappa shape index (κ3) is 5.49. The normalized spacial score (nSPS) is 10.1. The first-order chi connectivity index (χ1) is 10.5. The summed E-state index contributed by atoms with van der Waals surface area (Å²) in [6.45, 7) is 5.87. The molecule has 0 bridgehead atoms. The Morgan fingerprint density at radius 1 is 1.22 bits per heavy atom. The summed E-state index contributed by atoms with van der Waals surface area (Å²) in [6, 6.07) is 13.1. The first-order valence-electron chi connectivity index (χ1n) is 7.36. The highest BCUT2D eigenvalue weighted by atomic mass is 35.5. The molecular formula is C18H23ClN2O2. The van der Waals surface area contributed by atoms with Crippen LogP contribution in [0.5, 0.6) is 5.75 Å². The number of hydrogen-bond donors (Lipinski definition) is 2. The minimum absolute atomic E-state index is 0.